The van der Waals surface area contributed by atoms with E-state index in [1.165, 1.54) is 27.8 Å². The van der Waals surface area contributed by atoms with E-state index in [9.17, 15) is 0 Å². The second kappa shape index (κ2) is 5.93. The van der Waals surface area contributed by atoms with E-state index in [1.807, 2.05) is 17.5 Å². The Kier molecular flexibility index (Phi) is 4.73. The van der Waals surface area contributed by atoms with Crippen molar-refractivity contribution in [2.24, 2.45) is 5.41 Å². The number of nitrogens with one attached hydrogen (secondary N) is 1. The van der Waals surface area contributed by atoms with Gasteiger partial charge in [0, 0.05) is 22.9 Å². The lowest BCUT2D eigenvalue weighted by Gasteiger charge is -2.36. The summed E-state index contributed by atoms with van der Waals surface area (Å²) in [6.07, 6.45) is 4.39. The first kappa shape index (κ1) is 14.4. The lowest BCUT2D eigenvalue weighted by Crippen LogP contribution is -2.41. The van der Waals surface area contributed by atoms with Gasteiger partial charge < -0.3 is 5.32 Å². The molecule has 1 saturated heterocycles. The molecule has 1 aliphatic heterocycles. The van der Waals surface area contributed by atoms with Crippen LogP contribution in [0.1, 0.15) is 50.0 Å². The molecule has 0 radical (unpaired) electrons. The Morgan fingerprint density at radius 3 is 2.94 bits per heavy atom. The molecule has 4 heteroatoms. The zero-order valence-corrected chi connectivity index (χ0v) is 13.5. The highest BCUT2D eigenvalue weighted by atomic mass is 32.2. The molecule has 2 rings (SSSR count). The van der Waals surface area contributed by atoms with Crippen molar-refractivity contribution in [3.05, 3.63) is 16.1 Å². The predicted molar refractivity (Wildman–Crippen MR) is 82.6 cm³/mol. The van der Waals surface area contributed by atoms with Gasteiger partial charge in [0.25, 0.3) is 0 Å². The van der Waals surface area contributed by atoms with Crippen LogP contribution in [-0.4, -0.2) is 22.5 Å². The first-order chi connectivity index (χ1) is 8.50. The molecule has 0 aliphatic carbocycles. The minimum atomic E-state index is 0.384. The van der Waals surface area contributed by atoms with Crippen molar-refractivity contribution in [2.75, 3.05) is 11.5 Å². The number of thioether (sulfide) groups is 1. The molecule has 1 aliphatic rings. The Balaban J connectivity index is 1.92. The SMILES string of the molecule is CCc1cnc(C(C)NC2CSCC(C)(C)C2)s1. The van der Waals surface area contributed by atoms with Gasteiger partial charge in [-0.15, -0.1) is 11.3 Å². The molecule has 1 N–H and O–H groups in total. The Bertz CT molecular complexity index is 387. The van der Waals surface area contributed by atoms with Crippen LogP contribution in [-0.2, 0) is 6.42 Å². The lowest BCUT2D eigenvalue weighted by molar-refractivity contribution is 0.305. The third kappa shape index (κ3) is 3.72. The molecule has 0 saturated carbocycles. The minimum absolute atomic E-state index is 0.384. The molecule has 0 aromatic carbocycles. The average Bonchev–Trinajstić information content (AvgIpc) is 2.76. The lowest BCUT2D eigenvalue weighted by atomic mass is 9.87. The van der Waals surface area contributed by atoms with Crippen molar-refractivity contribution >= 4 is 23.1 Å². The number of hydrogen-bond acceptors (Lipinski definition) is 4. The van der Waals surface area contributed by atoms with Gasteiger partial charge in [-0.1, -0.05) is 20.8 Å². The number of aryl methyl sites for hydroxylation is 1. The third-order valence-corrected chi connectivity index (χ3v) is 6.33. The van der Waals surface area contributed by atoms with Crippen molar-refractivity contribution in [2.45, 2.75) is 52.6 Å². The molecule has 2 heterocycles. The average molecular weight is 284 g/mol. The number of hydrogen-bond donors (Lipinski definition) is 1. The summed E-state index contributed by atoms with van der Waals surface area (Å²) in [7, 11) is 0. The van der Waals surface area contributed by atoms with Crippen LogP contribution in [0, 0.1) is 5.41 Å². The van der Waals surface area contributed by atoms with E-state index in [4.69, 9.17) is 0 Å². The van der Waals surface area contributed by atoms with Crippen LogP contribution in [0.4, 0.5) is 0 Å². The van der Waals surface area contributed by atoms with Crippen molar-refractivity contribution in [3.8, 4) is 0 Å². The molecule has 0 spiro atoms. The molecule has 1 aromatic heterocycles. The van der Waals surface area contributed by atoms with Crippen LogP contribution in [0.15, 0.2) is 6.20 Å². The molecule has 0 amide bonds. The second-order valence-electron chi connectivity index (χ2n) is 5.99. The van der Waals surface area contributed by atoms with E-state index in [0.29, 0.717) is 17.5 Å². The van der Waals surface area contributed by atoms with Crippen molar-refractivity contribution in [1.82, 2.24) is 10.3 Å². The van der Waals surface area contributed by atoms with Crippen LogP contribution < -0.4 is 5.32 Å². The number of rotatable bonds is 4. The number of nitrogens with zero attached hydrogens (tertiary/aromatic N) is 1. The van der Waals surface area contributed by atoms with Gasteiger partial charge in [-0.3, -0.25) is 0 Å². The smallest absolute Gasteiger partial charge is 0.109 e. The maximum atomic E-state index is 4.54. The summed E-state index contributed by atoms with van der Waals surface area (Å²) in [4.78, 5) is 5.92. The summed E-state index contributed by atoms with van der Waals surface area (Å²) in [6, 6.07) is 1.01. The van der Waals surface area contributed by atoms with Gasteiger partial charge in [-0.05, 0) is 30.9 Å². The first-order valence-electron chi connectivity index (χ1n) is 6.78. The molecule has 102 valence electrons. The normalized spacial score (nSPS) is 25.0. The van der Waals surface area contributed by atoms with E-state index < -0.39 is 0 Å². The minimum Gasteiger partial charge on any atom is -0.305 e. The molecule has 0 bridgehead atoms. The van der Waals surface area contributed by atoms with Gasteiger partial charge >= 0.3 is 0 Å². The molecule has 1 aromatic rings. The van der Waals surface area contributed by atoms with Gasteiger partial charge in [0.15, 0.2) is 0 Å². The number of thiazole rings is 1. The summed E-state index contributed by atoms with van der Waals surface area (Å²) in [5.41, 5.74) is 0.470. The van der Waals surface area contributed by atoms with E-state index in [0.717, 1.165) is 6.42 Å². The highest BCUT2D eigenvalue weighted by molar-refractivity contribution is 7.99. The Morgan fingerprint density at radius 2 is 2.33 bits per heavy atom. The second-order valence-corrected chi connectivity index (χ2v) is 8.16. The Labute approximate surface area is 119 Å². The van der Waals surface area contributed by atoms with Gasteiger partial charge in [0.05, 0.1) is 6.04 Å². The van der Waals surface area contributed by atoms with Crippen LogP contribution in [0.3, 0.4) is 0 Å². The van der Waals surface area contributed by atoms with E-state index >= 15 is 0 Å². The summed E-state index contributed by atoms with van der Waals surface area (Å²) in [5.74, 6) is 2.52. The Morgan fingerprint density at radius 1 is 1.56 bits per heavy atom. The van der Waals surface area contributed by atoms with E-state index in [-0.39, 0.29) is 0 Å². The highest BCUT2D eigenvalue weighted by Crippen LogP contribution is 2.34. The van der Waals surface area contributed by atoms with Gasteiger partial charge in [0.1, 0.15) is 5.01 Å². The van der Waals surface area contributed by atoms with Crippen molar-refractivity contribution in [1.29, 1.82) is 0 Å². The van der Waals surface area contributed by atoms with E-state index in [2.05, 4.69) is 49.8 Å². The topological polar surface area (TPSA) is 24.9 Å². The third-order valence-electron chi connectivity index (χ3n) is 3.39. The van der Waals surface area contributed by atoms with Crippen molar-refractivity contribution < 1.29 is 0 Å². The monoisotopic (exact) mass is 284 g/mol. The van der Waals surface area contributed by atoms with Crippen molar-refractivity contribution in [3.63, 3.8) is 0 Å². The van der Waals surface area contributed by atoms with Gasteiger partial charge in [0.2, 0.25) is 0 Å². The van der Waals surface area contributed by atoms with E-state index in [1.54, 1.807) is 0 Å². The highest BCUT2D eigenvalue weighted by Gasteiger charge is 2.29. The van der Waals surface area contributed by atoms with Gasteiger partial charge in [-0.2, -0.15) is 11.8 Å². The Hall–Kier alpha value is -0.0600. The summed E-state index contributed by atoms with van der Waals surface area (Å²) in [6.45, 7) is 9.18. The summed E-state index contributed by atoms with van der Waals surface area (Å²) in [5, 5.41) is 4.99. The van der Waals surface area contributed by atoms with Crippen LogP contribution >= 0.6 is 23.1 Å². The molecule has 2 atom stereocenters. The first-order valence-corrected chi connectivity index (χ1v) is 8.75. The zero-order valence-electron chi connectivity index (χ0n) is 11.8. The van der Waals surface area contributed by atoms with Gasteiger partial charge in [-0.25, -0.2) is 4.98 Å². The van der Waals surface area contributed by atoms with Crippen LogP contribution in [0.25, 0.3) is 0 Å². The summed E-state index contributed by atoms with van der Waals surface area (Å²) >= 11 is 3.93. The fourth-order valence-corrected chi connectivity index (χ4v) is 4.64. The molecule has 2 unspecified atom stereocenters. The fraction of sp³-hybridized carbons (Fsp3) is 0.786. The maximum absolute atomic E-state index is 4.54. The molecule has 18 heavy (non-hydrogen) atoms. The zero-order chi connectivity index (χ0) is 13.2. The largest absolute Gasteiger partial charge is 0.305 e. The maximum Gasteiger partial charge on any atom is 0.109 e. The molecule has 1 fully saturated rings. The molecular weight excluding hydrogens is 260 g/mol. The standard InChI is InChI=1S/C14H24N2S2/c1-5-12-7-15-13(18-12)10(2)16-11-6-14(3,4)9-17-8-11/h7,10-11,16H,5-6,8-9H2,1-4H3. The predicted octanol–water partition coefficient (Wildman–Crippen LogP) is 3.89. The summed E-state index contributed by atoms with van der Waals surface area (Å²) < 4.78 is 0. The fourth-order valence-electron chi connectivity index (χ4n) is 2.48. The number of aromatic nitrogens is 1. The quantitative estimate of drug-likeness (QED) is 0.908. The molecular formula is C14H24N2S2. The molecule has 2 nitrogen and oxygen atoms in total. The van der Waals surface area contributed by atoms with Crippen LogP contribution in [0.2, 0.25) is 0 Å². The van der Waals surface area contributed by atoms with Crippen LogP contribution in [0.5, 0.6) is 0 Å².